The van der Waals surface area contributed by atoms with E-state index in [1.807, 2.05) is 0 Å². The molecule has 2 rings (SSSR count). The molecule has 1 aliphatic rings. The summed E-state index contributed by atoms with van der Waals surface area (Å²) in [6.07, 6.45) is 5.03. The summed E-state index contributed by atoms with van der Waals surface area (Å²) in [7, 11) is 0. The standard InChI is InChI=1S/C15H19ClN2O3/c16-12-7-3-4-8-13(12)21-10-15(20)18-17-14(19)9-11-5-1-2-6-11/h3-4,7-8,11H,1-2,5-6,9-10H2,(H,17,19)(H,18,20). The molecule has 0 aliphatic heterocycles. The van der Waals surface area contributed by atoms with E-state index in [2.05, 4.69) is 10.9 Å². The van der Waals surface area contributed by atoms with Gasteiger partial charge in [0.05, 0.1) is 5.02 Å². The Morgan fingerprint density at radius 3 is 2.52 bits per heavy atom. The summed E-state index contributed by atoms with van der Waals surface area (Å²) >= 11 is 5.90. The summed E-state index contributed by atoms with van der Waals surface area (Å²) in [6, 6.07) is 6.90. The highest BCUT2D eigenvalue weighted by molar-refractivity contribution is 6.32. The van der Waals surface area contributed by atoms with E-state index in [-0.39, 0.29) is 12.5 Å². The van der Waals surface area contributed by atoms with E-state index < -0.39 is 5.91 Å². The molecule has 1 saturated carbocycles. The molecule has 2 N–H and O–H groups in total. The highest BCUT2D eigenvalue weighted by Crippen LogP contribution is 2.27. The number of benzene rings is 1. The Hall–Kier alpha value is -1.75. The van der Waals surface area contributed by atoms with Crippen LogP contribution in [0.3, 0.4) is 0 Å². The molecule has 5 nitrogen and oxygen atoms in total. The minimum Gasteiger partial charge on any atom is -0.482 e. The van der Waals surface area contributed by atoms with Crippen LogP contribution in [0.15, 0.2) is 24.3 Å². The molecule has 0 spiro atoms. The van der Waals surface area contributed by atoms with E-state index in [4.69, 9.17) is 16.3 Å². The Morgan fingerprint density at radius 2 is 1.81 bits per heavy atom. The fourth-order valence-electron chi connectivity index (χ4n) is 2.41. The third kappa shape index (κ3) is 5.27. The lowest BCUT2D eigenvalue weighted by atomic mass is 10.0. The van der Waals surface area contributed by atoms with Gasteiger partial charge in [-0.1, -0.05) is 36.6 Å². The van der Waals surface area contributed by atoms with Gasteiger partial charge in [0.15, 0.2) is 6.61 Å². The van der Waals surface area contributed by atoms with Gasteiger partial charge in [0, 0.05) is 6.42 Å². The van der Waals surface area contributed by atoms with Crippen LogP contribution < -0.4 is 15.6 Å². The first-order chi connectivity index (χ1) is 10.1. The predicted octanol–water partition coefficient (Wildman–Crippen LogP) is 2.45. The third-order valence-electron chi connectivity index (χ3n) is 3.49. The molecule has 0 unspecified atom stereocenters. The number of hydrazine groups is 1. The Kier molecular flexibility index (Phi) is 5.87. The van der Waals surface area contributed by atoms with E-state index in [0.717, 1.165) is 12.8 Å². The SMILES string of the molecule is O=C(COc1ccccc1Cl)NNC(=O)CC1CCCC1. The van der Waals surface area contributed by atoms with Crippen molar-refractivity contribution in [2.24, 2.45) is 5.92 Å². The summed E-state index contributed by atoms with van der Waals surface area (Å²) in [5, 5.41) is 0.440. The van der Waals surface area contributed by atoms with E-state index in [1.165, 1.54) is 12.8 Å². The van der Waals surface area contributed by atoms with Crippen LogP contribution in [0.2, 0.25) is 5.02 Å². The highest BCUT2D eigenvalue weighted by atomic mass is 35.5. The normalized spacial score (nSPS) is 14.7. The zero-order valence-corrected chi connectivity index (χ0v) is 12.5. The first-order valence-electron chi connectivity index (χ1n) is 7.10. The van der Waals surface area contributed by atoms with Gasteiger partial charge in [-0.3, -0.25) is 20.4 Å². The van der Waals surface area contributed by atoms with Gasteiger partial charge in [-0.2, -0.15) is 0 Å². The number of rotatable bonds is 5. The minimum absolute atomic E-state index is 0.159. The maximum atomic E-state index is 11.6. The fourth-order valence-corrected chi connectivity index (χ4v) is 2.60. The number of carbonyl (C=O) groups excluding carboxylic acids is 2. The van der Waals surface area contributed by atoms with Crippen molar-refractivity contribution in [1.82, 2.24) is 10.9 Å². The van der Waals surface area contributed by atoms with Crippen LogP contribution in [-0.2, 0) is 9.59 Å². The second kappa shape index (κ2) is 7.88. The van der Waals surface area contributed by atoms with E-state index in [9.17, 15) is 9.59 Å². The summed E-state index contributed by atoms with van der Waals surface area (Å²) < 4.78 is 5.27. The summed E-state index contributed by atoms with van der Waals surface area (Å²) in [5.41, 5.74) is 4.75. The fraction of sp³-hybridized carbons (Fsp3) is 0.467. The predicted molar refractivity (Wildman–Crippen MR) is 79.8 cm³/mol. The second-order valence-corrected chi connectivity index (χ2v) is 5.58. The van der Waals surface area contributed by atoms with Crippen LogP contribution in [0.25, 0.3) is 0 Å². The molecule has 0 radical (unpaired) electrons. The number of para-hydroxylation sites is 1. The molecule has 1 aromatic carbocycles. The van der Waals surface area contributed by atoms with Crippen molar-refractivity contribution in [3.63, 3.8) is 0 Å². The lowest BCUT2D eigenvalue weighted by Gasteiger charge is -2.11. The Morgan fingerprint density at radius 1 is 1.14 bits per heavy atom. The van der Waals surface area contributed by atoms with Crippen LogP contribution in [0.4, 0.5) is 0 Å². The van der Waals surface area contributed by atoms with Crippen LogP contribution in [0, 0.1) is 5.92 Å². The third-order valence-corrected chi connectivity index (χ3v) is 3.80. The number of amides is 2. The van der Waals surface area contributed by atoms with Gasteiger partial charge in [-0.25, -0.2) is 0 Å². The molecule has 0 aromatic heterocycles. The first-order valence-corrected chi connectivity index (χ1v) is 7.48. The smallest absolute Gasteiger partial charge is 0.276 e. The molecule has 0 bridgehead atoms. The van der Waals surface area contributed by atoms with Crippen molar-refractivity contribution in [1.29, 1.82) is 0 Å². The van der Waals surface area contributed by atoms with Gasteiger partial charge in [0.25, 0.3) is 5.91 Å². The summed E-state index contributed by atoms with van der Waals surface area (Å²) in [4.78, 5) is 23.2. The lowest BCUT2D eigenvalue weighted by Crippen LogP contribution is -2.44. The van der Waals surface area contributed by atoms with Crippen LogP contribution >= 0.6 is 11.6 Å². The van der Waals surface area contributed by atoms with E-state index >= 15 is 0 Å². The topological polar surface area (TPSA) is 67.4 Å². The number of halogens is 1. The van der Waals surface area contributed by atoms with Crippen LogP contribution in [0.5, 0.6) is 5.75 Å². The van der Waals surface area contributed by atoms with Crippen molar-refractivity contribution in [3.8, 4) is 5.75 Å². The maximum absolute atomic E-state index is 11.6. The zero-order chi connectivity index (χ0) is 15.1. The molecule has 1 aliphatic carbocycles. The number of hydrogen-bond acceptors (Lipinski definition) is 3. The van der Waals surface area contributed by atoms with Gasteiger partial charge >= 0.3 is 0 Å². The number of hydrogen-bond donors (Lipinski definition) is 2. The van der Waals surface area contributed by atoms with Gasteiger partial charge < -0.3 is 4.74 Å². The average Bonchev–Trinajstić information content (AvgIpc) is 2.97. The van der Waals surface area contributed by atoms with Crippen molar-refractivity contribution in [2.45, 2.75) is 32.1 Å². The van der Waals surface area contributed by atoms with Gasteiger partial charge in [0.1, 0.15) is 5.75 Å². The minimum atomic E-state index is -0.422. The molecule has 1 aromatic rings. The molecule has 2 amide bonds. The maximum Gasteiger partial charge on any atom is 0.276 e. The molecule has 0 atom stereocenters. The average molecular weight is 311 g/mol. The highest BCUT2D eigenvalue weighted by Gasteiger charge is 2.18. The van der Waals surface area contributed by atoms with Crippen LogP contribution in [-0.4, -0.2) is 18.4 Å². The largest absolute Gasteiger partial charge is 0.482 e. The molecule has 114 valence electrons. The van der Waals surface area contributed by atoms with Crippen molar-refractivity contribution < 1.29 is 14.3 Å². The quantitative estimate of drug-likeness (QED) is 0.821. The first kappa shape index (κ1) is 15.6. The van der Waals surface area contributed by atoms with Crippen molar-refractivity contribution in [2.75, 3.05) is 6.61 Å². The molecular weight excluding hydrogens is 292 g/mol. The summed E-state index contributed by atoms with van der Waals surface area (Å²) in [6.45, 7) is -0.201. The number of ether oxygens (including phenoxy) is 1. The van der Waals surface area contributed by atoms with Gasteiger partial charge in [0.2, 0.25) is 5.91 Å². The van der Waals surface area contributed by atoms with Crippen molar-refractivity contribution >= 4 is 23.4 Å². The molecule has 6 heteroatoms. The second-order valence-electron chi connectivity index (χ2n) is 5.17. The molecule has 0 heterocycles. The van der Waals surface area contributed by atoms with E-state index in [1.54, 1.807) is 24.3 Å². The van der Waals surface area contributed by atoms with Gasteiger partial charge in [-0.05, 0) is 30.9 Å². The van der Waals surface area contributed by atoms with E-state index in [0.29, 0.717) is 23.1 Å². The number of carbonyl (C=O) groups is 2. The zero-order valence-electron chi connectivity index (χ0n) is 11.7. The molecule has 1 fully saturated rings. The Balaban J connectivity index is 1.65. The molecular formula is C15H19ClN2O3. The molecule has 21 heavy (non-hydrogen) atoms. The number of nitrogens with one attached hydrogen (secondary N) is 2. The van der Waals surface area contributed by atoms with Crippen LogP contribution in [0.1, 0.15) is 32.1 Å². The summed E-state index contributed by atoms with van der Waals surface area (Å²) in [5.74, 6) is 0.301. The van der Waals surface area contributed by atoms with Crippen molar-refractivity contribution in [3.05, 3.63) is 29.3 Å². The Labute approximate surface area is 129 Å². The molecule has 0 saturated heterocycles. The lowest BCUT2D eigenvalue weighted by molar-refractivity contribution is -0.130. The Bertz CT molecular complexity index is 501. The van der Waals surface area contributed by atoms with Gasteiger partial charge in [-0.15, -0.1) is 0 Å². The monoisotopic (exact) mass is 310 g/mol.